The van der Waals surface area contributed by atoms with Crippen molar-refractivity contribution in [1.29, 1.82) is 0 Å². The molecule has 1 N–H and O–H groups in total. The molecule has 0 saturated heterocycles. The Morgan fingerprint density at radius 1 is 1.23 bits per heavy atom. The zero-order chi connectivity index (χ0) is 17.9. The second kappa shape index (κ2) is 7.01. The molecule has 26 heavy (non-hydrogen) atoms. The van der Waals surface area contributed by atoms with Gasteiger partial charge >= 0.3 is 0 Å². The van der Waals surface area contributed by atoms with Gasteiger partial charge in [0.15, 0.2) is 0 Å². The number of nitrogens with one attached hydrogen (secondary N) is 1. The molecule has 2 aromatic heterocycles. The molecule has 4 rings (SSSR count). The number of nitrogens with zero attached hydrogens (tertiary/aromatic N) is 4. The normalized spacial score (nSPS) is 16.1. The number of carbonyl (C=O) groups excluding carboxylic acids is 1. The van der Waals surface area contributed by atoms with Gasteiger partial charge in [-0.3, -0.25) is 9.78 Å². The number of hydrogen-bond acceptors (Lipinski definition) is 5. The Morgan fingerprint density at radius 3 is 2.85 bits per heavy atom. The van der Waals surface area contributed by atoms with Crippen LogP contribution in [0.4, 0.5) is 4.39 Å². The van der Waals surface area contributed by atoms with Crippen molar-refractivity contribution in [2.75, 3.05) is 6.54 Å². The first-order chi connectivity index (χ1) is 12.7. The van der Waals surface area contributed by atoms with E-state index in [-0.39, 0.29) is 23.5 Å². The Labute approximate surface area is 148 Å². The Kier molecular flexibility index (Phi) is 4.40. The minimum Gasteiger partial charge on any atom is -0.367 e. The fourth-order valence-electron chi connectivity index (χ4n) is 2.87. The smallest absolute Gasteiger partial charge is 0.271 e. The maximum atomic E-state index is 13.2. The van der Waals surface area contributed by atoms with Gasteiger partial charge in [-0.2, -0.15) is 0 Å². The van der Waals surface area contributed by atoms with Gasteiger partial charge in [-0.1, -0.05) is 0 Å². The maximum Gasteiger partial charge on any atom is 0.271 e. The van der Waals surface area contributed by atoms with Gasteiger partial charge in [-0.25, -0.2) is 14.4 Å². The van der Waals surface area contributed by atoms with Crippen LogP contribution >= 0.6 is 0 Å². The number of benzene rings is 1. The molecule has 0 unspecified atom stereocenters. The van der Waals surface area contributed by atoms with E-state index in [1.807, 2.05) is 4.57 Å². The van der Waals surface area contributed by atoms with Gasteiger partial charge in [0, 0.05) is 18.9 Å². The minimum absolute atomic E-state index is 0.198. The second-order valence-electron chi connectivity index (χ2n) is 5.91. The number of amides is 1. The molecule has 0 saturated carbocycles. The molecular weight excluding hydrogens is 337 g/mol. The quantitative estimate of drug-likeness (QED) is 0.774. The van der Waals surface area contributed by atoms with E-state index in [1.54, 1.807) is 18.3 Å². The van der Waals surface area contributed by atoms with E-state index in [1.165, 1.54) is 30.7 Å². The fourth-order valence-corrected chi connectivity index (χ4v) is 2.87. The number of ether oxygens (including phenoxy) is 1. The van der Waals surface area contributed by atoms with E-state index in [2.05, 4.69) is 20.3 Å². The van der Waals surface area contributed by atoms with Gasteiger partial charge in [-0.05, 0) is 29.8 Å². The Bertz CT molecular complexity index is 911. The van der Waals surface area contributed by atoms with E-state index < -0.39 is 0 Å². The molecule has 132 valence electrons. The van der Waals surface area contributed by atoms with Gasteiger partial charge in [0.05, 0.1) is 30.7 Å². The van der Waals surface area contributed by atoms with Gasteiger partial charge < -0.3 is 14.6 Å². The average Bonchev–Trinajstić information content (AvgIpc) is 3.10. The minimum atomic E-state index is -0.295. The number of imidazole rings is 1. The number of fused-ring (bicyclic) bond motifs is 1. The van der Waals surface area contributed by atoms with Crippen LogP contribution in [-0.2, 0) is 17.9 Å². The number of hydrogen-bond donors (Lipinski definition) is 1. The number of carbonyl (C=O) groups is 1. The van der Waals surface area contributed by atoms with Crippen molar-refractivity contribution in [3.8, 4) is 11.3 Å². The molecule has 3 aromatic rings. The summed E-state index contributed by atoms with van der Waals surface area (Å²) in [7, 11) is 0. The summed E-state index contributed by atoms with van der Waals surface area (Å²) in [6.07, 6.45) is 5.96. The van der Waals surface area contributed by atoms with Gasteiger partial charge in [0.2, 0.25) is 0 Å². The van der Waals surface area contributed by atoms with E-state index in [9.17, 15) is 9.18 Å². The molecule has 8 heteroatoms. The molecule has 0 fully saturated rings. The van der Waals surface area contributed by atoms with E-state index in [4.69, 9.17) is 4.74 Å². The van der Waals surface area contributed by atoms with Crippen LogP contribution in [0.15, 0.2) is 49.1 Å². The summed E-state index contributed by atoms with van der Waals surface area (Å²) in [6.45, 7) is 1.24. The molecule has 1 aliphatic rings. The molecule has 0 spiro atoms. The van der Waals surface area contributed by atoms with Gasteiger partial charge in [0.25, 0.3) is 5.91 Å². The fraction of sp³-hybridized carbons (Fsp3) is 0.222. The Balaban J connectivity index is 1.45. The van der Waals surface area contributed by atoms with Crippen LogP contribution < -0.4 is 5.32 Å². The topological polar surface area (TPSA) is 81.9 Å². The monoisotopic (exact) mass is 353 g/mol. The Morgan fingerprint density at radius 2 is 2.08 bits per heavy atom. The molecule has 0 radical (unpaired) electrons. The van der Waals surface area contributed by atoms with Crippen LogP contribution in [0.2, 0.25) is 0 Å². The number of aromatic nitrogens is 4. The lowest BCUT2D eigenvalue weighted by atomic mass is 10.1. The largest absolute Gasteiger partial charge is 0.367 e. The lowest BCUT2D eigenvalue weighted by Crippen LogP contribution is -2.39. The molecular formula is C18H16FN5O2. The van der Waals surface area contributed by atoms with E-state index in [0.717, 1.165) is 17.1 Å². The highest BCUT2D eigenvalue weighted by Gasteiger charge is 2.23. The third-order valence-corrected chi connectivity index (χ3v) is 4.20. The summed E-state index contributed by atoms with van der Waals surface area (Å²) in [4.78, 5) is 24.3. The number of rotatable bonds is 4. The molecule has 0 aliphatic carbocycles. The summed E-state index contributed by atoms with van der Waals surface area (Å²) < 4.78 is 21.0. The third-order valence-electron chi connectivity index (χ3n) is 4.20. The number of halogens is 1. The highest BCUT2D eigenvalue weighted by molar-refractivity contribution is 5.91. The first kappa shape index (κ1) is 16.3. The first-order valence-electron chi connectivity index (χ1n) is 8.17. The molecule has 1 aromatic carbocycles. The lowest BCUT2D eigenvalue weighted by Gasteiger charge is -2.26. The van der Waals surface area contributed by atoms with Crippen molar-refractivity contribution >= 4 is 5.91 Å². The summed E-state index contributed by atoms with van der Waals surface area (Å²) in [5.41, 5.74) is 2.04. The SMILES string of the molecule is O=C(NC[C@H]1Cn2c(-c3ccc(F)cc3)cnc2CO1)c1cnccn1. The first-order valence-corrected chi connectivity index (χ1v) is 8.17. The molecule has 3 heterocycles. The zero-order valence-electron chi connectivity index (χ0n) is 13.8. The van der Waals surface area contributed by atoms with Crippen LogP contribution in [0.5, 0.6) is 0 Å². The van der Waals surface area contributed by atoms with Crippen molar-refractivity contribution < 1.29 is 13.9 Å². The van der Waals surface area contributed by atoms with Crippen molar-refractivity contribution in [1.82, 2.24) is 24.8 Å². The highest BCUT2D eigenvalue weighted by atomic mass is 19.1. The van der Waals surface area contributed by atoms with Crippen LogP contribution in [0, 0.1) is 5.82 Å². The van der Waals surface area contributed by atoms with Crippen molar-refractivity contribution in [2.45, 2.75) is 19.3 Å². The molecule has 0 bridgehead atoms. The van der Waals surface area contributed by atoms with Crippen molar-refractivity contribution in [3.05, 3.63) is 66.4 Å². The molecule has 1 aliphatic heterocycles. The Hall–Kier alpha value is -3.13. The molecule has 1 amide bonds. The zero-order valence-corrected chi connectivity index (χ0v) is 13.8. The summed E-state index contributed by atoms with van der Waals surface area (Å²) in [5.74, 6) is 0.234. The standard InChI is InChI=1S/C18H16FN5O2/c19-13-3-1-12(2-4-13)16-9-22-17-11-26-14(10-24(16)17)7-23-18(25)15-8-20-5-6-21-15/h1-6,8-9,14H,7,10-11H2,(H,23,25)/t14-/m0/s1. The van der Waals surface area contributed by atoms with Crippen LogP contribution in [0.25, 0.3) is 11.3 Å². The van der Waals surface area contributed by atoms with Crippen LogP contribution in [0.1, 0.15) is 16.3 Å². The predicted molar refractivity (Wildman–Crippen MR) is 90.6 cm³/mol. The lowest BCUT2D eigenvalue weighted by molar-refractivity contribution is 0.00371. The van der Waals surface area contributed by atoms with E-state index in [0.29, 0.717) is 19.7 Å². The van der Waals surface area contributed by atoms with Crippen LogP contribution in [0.3, 0.4) is 0 Å². The summed E-state index contributed by atoms with van der Waals surface area (Å²) >= 11 is 0. The van der Waals surface area contributed by atoms with Gasteiger partial charge in [0.1, 0.15) is 23.9 Å². The molecule has 7 nitrogen and oxygen atoms in total. The summed E-state index contributed by atoms with van der Waals surface area (Å²) in [5, 5.41) is 2.81. The average molecular weight is 353 g/mol. The van der Waals surface area contributed by atoms with Gasteiger partial charge in [-0.15, -0.1) is 0 Å². The summed E-state index contributed by atoms with van der Waals surface area (Å²) in [6, 6.07) is 6.29. The van der Waals surface area contributed by atoms with E-state index >= 15 is 0 Å². The van der Waals surface area contributed by atoms with Crippen molar-refractivity contribution in [3.63, 3.8) is 0 Å². The second-order valence-corrected chi connectivity index (χ2v) is 5.91. The molecule has 1 atom stereocenters. The predicted octanol–water partition coefficient (Wildman–Crippen LogP) is 1.81. The van der Waals surface area contributed by atoms with Crippen LogP contribution in [-0.4, -0.2) is 38.1 Å². The maximum absolute atomic E-state index is 13.2. The third kappa shape index (κ3) is 3.31. The highest BCUT2D eigenvalue weighted by Crippen LogP contribution is 2.25. The van der Waals surface area contributed by atoms with Crippen molar-refractivity contribution in [2.24, 2.45) is 0 Å².